The van der Waals surface area contributed by atoms with E-state index in [1.165, 1.54) is 0 Å². The van der Waals surface area contributed by atoms with Crippen LogP contribution in [-0.2, 0) is 24.4 Å². The minimum absolute atomic E-state index is 0.341. The summed E-state index contributed by atoms with van der Waals surface area (Å²) in [6, 6.07) is 25.0. The Labute approximate surface area is 231 Å². The lowest BCUT2D eigenvalue weighted by atomic mass is 10.1. The summed E-state index contributed by atoms with van der Waals surface area (Å²) in [4.78, 5) is 11.0. The Morgan fingerprint density at radius 3 is 2.10 bits per heavy atom. The van der Waals surface area contributed by atoms with Gasteiger partial charge in [-0.3, -0.25) is 0 Å². The van der Waals surface area contributed by atoms with Crippen molar-refractivity contribution in [1.29, 1.82) is 0 Å². The first-order valence-electron chi connectivity index (χ1n) is 13.0. The normalized spacial score (nSPS) is 10.8. The fourth-order valence-electron chi connectivity index (χ4n) is 4.09. The largest absolute Gasteiger partial charge is 0.497 e. The molecule has 4 aromatic rings. The summed E-state index contributed by atoms with van der Waals surface area (Å²) in [5.74, 6) is 1.64. The maximum absolute atomic E-state index is 5.92. The summed E-state index contributed by atoms with van der Waals surface area (Å²) in [5, 5.41) is 0. The van der Waals surface area contributed by atoms with Gasteiger partial charge in [0.25, 0.3) is 6.01 Å². The van der Waals surface area contributed by atoms with Crippen LogP contribution < -0.4 is 24.2 Å². The average Bonchev–Trinajstić information content (AvgIpc) is 3.42. The molecule has 4 rings (SSSR count). The van der Waals surface area contributed by atoms with E-state index in [2.05, 4.69) is 40.1 Å². The molecule has 0 fully saturated rings. The third-order valence-corrected chi connectivity index (χ3v) is 6.20. The van der Waals surface area contributed by atoms with Crippen LogP contribution in [0.2, 0.25) is 0 Å². The zero-order chi connectivity index (χ0) is 27.6. The van der Waals surface area contributed by atoms with E-state index in [4.69, 9.17) is 23.6 Å². The van der Waals surface area contributed by atoms with E-state index in [1.807, 2.05) is 75.6 Å². The van der Waals surface area contributed by atoms with Gasteiger partial charge in [-0.2, -0.15) is 4.98 Å². The number of hydrogen-bond donors (Lipinski definition) is 0. The molecular weight excluding hydrogens is 492 g/mol. The van der Waals surface area contributed by atoms with Crippen molar-refractivity contribution in [3.05, 3.63) is 95.9 Å². The fourth-order valence-corrected chi connectivity index (χ4v) is 4.09. The highest BCUT2D eigenvalue weighted by molar-refractivity contribution is 5.49. The molecule has 1 aromatic heterocycles. The van der Waals surface area contributed by atoms with Crippen molar-refractivity contribution in [2.75, 3.05) is 63.2 Å². The van der Waals surface area contributed by atoms with Crippen molar-refractivity contribution < 1.29 is 18.6 Å². The second kappa shape index (κ2) is 13.6. The summed E-state index contributed by atoms with van der Waals surface area (Å²) in [5.41, 5.74) is 5.24. The minimum Gasteiger partial charge on any atom is -0.497 e. The third kappa shape index (κ3) is 8.15. The minimum atomic E-state index is 0.341. The Hall–Kier alpha value is -4.17. The molecule has 8 nitrogen and oxygen atoms in total. The number of hydrogen-bond acceptors (Lipinski definition) is 8. The smallest absolute Gasteiger partial charge is 0.298 e. The zero-order valence-electron chi connectivity index (χ0n) is 23.5. The van der Waals surface area contributed by atoms with E-state index in [-0.39, 0.29) is 0 Å². The van der Waals surface area contributed by atoms with Gasteiger partial charge in [-0.05, 0) is 47.5 Å². The standard InChI is InChI=1S/C31H38N4O4/c1-33(2)27-11-6-9-24(17-27)20-35(21-25-10-7-13-29(18-25)36-5)31-32-26(23-39-31)22-37-15-16-38-30-14-8-12-28(19-30)34(3)4/h6-14,17-19,23H,15-16,20-22H2,1-5H3. The third-order valence-electron chi connectivity index (χ3n) is 6.20. The SMILES string of the molecule is COc1cccc(CN(Cc2cccc(N(C)C)c2)c2nc(COCCOc3cccc(N(C)C)c3)co2)c1. The van der Waals surface area contributed by atoms with E-state index < -0.39 is 0 Å². The van der Waals surface area contributed by atoms with Crippen LogP contribution >= 0.6 is 0 Å². The van der Waals surface area contributed by atoms with Crippen LogP contribution in [0, 0.1) is 0 Å². The van der Waals surface area contributed by atoms with Crippen LogP contribution in [0.4, 0.5) is 17.4 Å². The van der Waals surface area contributed by atoms with Crippen molar-refractivity contribution >= 4 is 17.4 Å². The second-order valence-electron chi connectivity index (χ2n) is 9.69. The van der Waals surface area contributed by atoms with Gasteiger partial charge in [-0.25, -0.2) is 0 Å². The number of anilines is 3. The van der Waals surface area contributed by atoms with Gasteiger partial charge >= 0.3 is 0 Å². The average molecular weight is 531 g/mol. The number of benzene rings is 3. The van der Waals surface area contributed by atoms with Gasteiger partial charge in [0.05, 0.1) is 20.3 Å². The number of nitrogens with zero attached hydrogens (tertiary/aromatic N) is 4. The molecule has 0 aliphatic rings. The summed E-state index contributed by atoms with van der Waals surface area (Å²) in [7, 11) is 9.77. The summed E-state index contributed by atoms with van der Waals surface area (Å²) >= 11 is 0. The molecule has 0 amide bonds. The second-order valence-corrected chi connectivity index (χ2v) is 9.69. The van der Waals surface area contributed by atoms with Crippen molar-refractivity contribution in [3.8, 4) is 11.5 Å². The Kier molecular flexibility index (Phi) is 9.69. The Balaban J connectivity index is 1.38. The molecule has 0 N–H and O–H groups in total. The number of rotatable bonds is 14. The molecule has 0 atom stereocenters. The van der Waals surface area contributed by atoms with Gasteiger partial charge in [-0.15, -0.1) is 0 Å². The van der Waals surface area contributed by atoms with E-state index in [0.717, 1.165) is 39.7 Å². The van der Waals surface area contributed by atoms with Crippen molar-refractivity contribution in [1.82, 2.24) is 4.98 Å². The van der Waals surface area contributed by atoms with Gasteiger partial charge in [-0.1, -0.05) is 30.3 Å². The molecular formula is C31H38N4O4. The molecule has 0 aliphatic heterocycles. The predicted molar refractivity (Wildman–Crippen MR) is 156 cm³/mol. The van der Waals surface area contributed by atoms with Crippen LogP contribution in [0.3, 0.4) is 0 Å². The van der Waals surface area contributed by atoms with Gasteiger partial charge in [0, 0.05) is 58.7 Å². The Bertz CT molecular complexity index is 1320. The quantitative estimate of drug-likeness (QED) is 0.195. The maximum Gasteiger partial charge on any atom is 0.298 e. The fraction of sp³-hybridized carbons (Fsp3) is 0.323. The lowest BCUT2D eigenvalue weighted by Gasteiger charge is -2.22. The van der Waals surface area contributed by atoms with Crippen LogP contribution in [0.15, 0.2) is 83.5 Å². The number of ether oxygens (including phenoxy) is 3. The highest BCUT2D eigenvalue weighted by Crippen LogP contribution is 2.24. The molecule has 206 valence electrons. The van der Waals surface area contributed by atoms with Crippen LogP contribution in [0.5, 0.6) is 11.5 Å². The molecule has 0 spiro atoms. The van der Waals surface area contributed by atoms with Gasteiger partial charge < -0.3 is 33.3 Å². The van der Waals surface area contributed by atoms with E-state index in [1.54, 1.807) is 13.4 Å². The summed E-state index contributed by atoms with van der Waals surface area (Å²) in [6.07, 6.45) is 1.66. The number of aromatic nitrogens is 1. The van der Waals surface area contributed by atoms with E-state index >= 15 is 0 Å². The van der Waals surface area contributed by atoms with Crippen LogP contribution in [0.1, 0.15) is 16.8 Å². The first kappa shape index (κ1) is 27.9. The molecule has 8 heteroatoms. The molecule has 0 unspecified atom stereocenters. The van der Waals surface area contributed by atoms with Gasteiger partial charge in [0.1, 0.15) is 30.1 Å². The van der Waals surface area contributed by atoms with Crippen molar-refractivity contribution in [2.24, 2.45) is 0 Å². The van der Waals surface area contributed by atoms with Gasteiger partial charge in [0.15, 0.2) is 0 Å². The first-order chi connectivity index (χ1) is 18.9. The molecule has 0 radical (unpaired) electrons. The van der Waals surface area contributed by atoms with Crippen LogP contribution in [-0.4, -0.2) is 53.5 Å². The van der Waals surface area contributed by atoms with E-state index in [9.17, 15) is 0 Å². The topological polar surface area (TPSA) is 63.4 Å². The Morgan fingerprint density at radius 1 is 0.744 bits per heavy atom. The molecule has 0 saturated carbocycles. The highest BCUT2D eigenvalue weighted by atomic mass is 16.5. The zero-order valence-corrected chi connectivity index (χ0v) is 23.5. The summed E-state index contributed by atoms with van der Waals surface area (Å²) < 4.78 is 23.0. The van der Waals surface area contributed by atoms with E-state index in [0.29, 0.717) is 38.9 Å². The number of oxazole rings is 1. The van der Waals surface area contributed by atoms with Gasteiger partial charge in [0.2, 0.25) is 0 Å². The first-order valence-corrected chi connectivity index (χ1v) is 13.0. The predicted octanol–water partition coefficient (Wildman–Crippen LogP) is 5.62. The molecule has 0 saturated heterocycles. The Morgan fingerprint density at radius 2 is 1.38 bits per heavy atom. The molecule has 3 aromatic carbocycles. The van der Waals surface area contributed by atoms with Crippen molar-refractivity contribution in [3.63, 3.8) is 0 Å². The summed E-state index contributed by atoms with van der Waals surface area (Å²) in [6.45, 7) is 2.49. The number of methoxy groups -OCH3 is 1. The monoisotopic (exact) mass is 530 g/mol. The van der Waals surface area contributed by atoms with Crippen molar-refractivity contribution in [2.45, 2.75) is 19.7 Å². The molecule has 1 heterocycles. The molecule has 0 aliphatic carbocycles. The highest BCUT2D eigenvalue weighted by Gasteiger charge is 2.16. The molecule has 39 heavy (non-hydrogen) atoms. The maximum atomic E-state index is 5.92. The lowest BCUT2D eigenvalue weighted by Crippen LogP contribution is -2.23. The lowest BCUT2D eigenvalue weighted by molar-refractivity contribution is 0.0869. The van der Waals surface area contributed by atoms with Crippen LogP contribution in [0.25, 0.3) is 0 Å². The molecule has 0 bridgehead atoms.